The van der Waals surface area contributed by atoms with Crippen molar-refractivity contribution in [1.29, 1.82) is 0 Å². The van der Waals surface area contributed by atoms with Crippen molar-refractivity contribution in [3.8, 4) is 0 Å². The highest BCUT2D eigenvalue weighted by molar-refractivity contribution is 5.69. The molecule has 1 heterocycles. The van der Waals surface area contributed by atoms with E-state index in [1.165, 1.54) is 25.9 Å². The maximum absolute atomic E-state index is 10.9. The van der Waals surface area contributed by atoms with Crippen LogP contribution in [0, 0.1) is 11.8 Å². The fraction of sp³-hybridized carbons (Fsp3) is 0.938. The van der Waals surface area contributed by atoms with Crippen molar-refractivity contribution in [1.82, 2.24) is 10.2 Å². The topological polar surface area (TPSA) is 52.6 Å². The molecule has 1 saturated heterocycles. The molecule has 1 aliphatic carbocycles. The Labute approximate surface area is 122 Å². The van der Waals surface area contributed by atoms with Gasteiger partial charge in [-0.3, -0.25) is 4.79 Å². The second-order valence-electron chi connectivity index (χ2n) is 6.87. The first kappa shape index (κ1) is 15.8. The minimum Gasteiger partial charge on any atom is -0.481 e. The van der Waals surface area contributed by atoms with Gasteiger partial charge < -0.3 is 15.3 Å². The molecule has 1 saturated carbocycles. The number of hydrogen-bond acceptors (Lipinski definition) is 3. The van der Waals surface area contributed by atoms with E-state index in [4.69, 9.17) is 5.11 Å². The van der Waals surface area contributed by atoms with Gasteiger partial charge in [0.1, 0.15) is 0 Å². The minimum absolute atomic E-state index is 0.0828. The average molecular weight is 282 g/mol. The molecule has 2 fully saturated rings. The lowest BCUT2D eigenvalue weighted by molar-refractivity contribution is -0.143. The monoisotopic (exact) mass is 282 g/mol. The SMILES string of the molecule is CC(C)N1CCC(NCC2CCC(C(=O)O)CC2)CC1. The van der Waals surface area contributed by atoms with Gasteiger partial charge in [0.2, 0.25) is 0 Å². The fourth-order valence-electron chi connectivity index (χ4n) is 3.57. The summed E-state index contributed by atoms with van der Waals surface area (Å²) < 4.78 is 0. The molecule has 4 heteroatoms. The molecule has 0 spiro atoms. The van der Waals surface area contributed by atoms with Crippen LogP contribution in [0.5, 0.6) is 0 Å². The summed E-state index contributed by atoms with van der Waals surface area (Å²) in [5, 5.41) is 12.7. The first-order chi connectivity index (χ1) is 9.56. The minimum atomic E-state index is -0.600. The van der Waals surface area contributed by atoms with Gasteiger partial charge in [-0.2, -0.15) is 0 Å². The molecular weight excluding hydrogens is 252 g/mol. The van der Waals surface area contributed by atoms with Crippen LogP contribution >= 0.6 is 0 Å². The van der Waals surface area contributed by atoms with E-state index in [-0.39, 0.29) is 5.92 Å². The van der Waals surface area contributed by atoms with E-state index in [1.807, 2.05) is 0 Å². The van der Waals surface area contributed by atoms with Gasteiger partial charge in [0.25, 0.3) is 0 Å². The zero-order chi connectivity index (χ0) is 14.5. The Hall–Kier alpha value is -0.610. The van der Waals surface area contributed by atoms with Crippen LogP contribution in [0.15, 0.2) is 0 Å². The highest BCUT2D eigenvalue weighted by Gasteiger charge is 2.27. The number of nitrogens with one attached hydrogen (secondary N) is 1. The predicted molar refractivity (Wildman–Crippen MR) is 80.8 cm³/mol. The van der Waals surface area contributed by atoms with Crippen LogP contribution in [0.3, 0.4) is 0 Å². The van der Waals surface area contributed by atoms with Crippen molar-refractivity contribution in [3.05, 3.63) is 0 Å². The molecule has 4 nitrogen and oxygen atoms in total. The summed E-state index contributed by atoms with van der Waals surface area (Å²) in [6.07, 6.45) is 6.40. The lowest BCUT2D eigenvalue weighted by atomic mass is 9.82. The number of nitrogens with zero attached hydrogens (tertiary/aromatic N) is 1. The van der Waals surface area contributed by atoms with Gasteiger partial charge in [0, 0.05) is 12.1 Å². The molecule has 0 unspecified atom stereocenters. The molecule has 1 aliphatic heterocycles. The van der Waals surface area contributed by atoms with E-state index in [2.05, 4.69) is 24.1 Å². The highest BCUT2D eigenvalue weighted by Crippen LogP contribution is 2.28. The Morgan fingerprint density at radius 1 is 1.15 bits per heavy atom. The van der Waals surface area contributed by atoms with Gasteiger partial charge in [-0.05, 0) is 77.9 Å². The maximum atomic E-state index is 10.9. The summed E-state index contributed by atoms with van der Waals surface area (Å²) in [5.41, 5.74) is 0. The molecule has 2 N–H and O–H groups in total. The van der Waals surface area contributed by atoms with Crippen molar-refractivity contribution in [2.45, 2.75) is 64.5 Å². The lowest BCUT2D eigenvalue weighted by Gasteiger charge is -2.36. The number of hydrogen-bond donors (Lipinski definition) is 2. The van der Waals surface area contributed by atoms with Crippen LogP contribution in [0.4, 0.5) is 0 Å². The van der Waals surface area contributed by atoms with E-state index in [0.29, 0.717) is 18.0 Å². The molecule has 0 aromatic rings. The lowest BCUT2D eigenvalue weighted by Crippen LogP contribution is -2.46. The molecule has 2 aliphatic rings. The number of piperidine rings is 1. The standard InChI is InChI=1S/C16H30N2O2/c1-12(2)18-9-7-15(8-10-18)17-11-13-3-5-14(6-4-13)16(19)20/h12-15,17H,3-11H2,1-2H3,(H,19,20). The molecule has 20 heavy (non-hydrogen) atoms. The van der Waals surface area contributed by atoms with Gasteiger partial charge in [0.15, 0.2) is 0 Å². The first-order valence-electron chi connectivity index (χ1n) is 8.26. The number of aliphatic carboxylic acids is 1. The van der Waals surface area contributed by atoms with E-state index in [9.17, 15) is 4.79 Å². The smallest absolute Gasteiger partial charge is 0.306 e. The Bertz CT molecular complexity index is 304. The summed E-state index contributed by atoms with van der Waals surface area (Å²) in [6.45, 7) is 8.05. The third kappa shape index (κ3) is 4.45. The Balaban J connectivity index is 1.61. The predicted octanol–water partition coefficient (Wildman–Crippen LogP) is 2.34. The number of carboxylic acid groups (broad SMARTS) is 1. The van der Waals surface area contributed by atoms with Gasteiger partial charge in [-0.15, -0.1) is 0 Å². The van der Waals surface area contributed by atoms with E-state index in [0.717, 1.165) is 32.2 Å². The number of carbonyl (C=O) groups is 1. The molecule has 0 bridgehead atoms. The van der Waals surface area contributed by atoms with Crippen LogP contribution in [0.1, 0.15) is 52.4 Å². The average Bonchev–Trinajstić information content (AvgIpc) is 2.46. The Kier molecular flexibility index (Phi) is 5.85. The maximum Gasteiger partial charge on any atom is 0.306 e. The van der Waals surface area contributed by atoms with Crippen molar-refractivity contribution in [2.24, 2.45) is 11.8 Å². The fourth-order valence-corrected chi connectivity index (χ4v) is 3.57. The summed E-state index contributed by atoms with van der Waals surface area (Å²) in [4.78, 5) is 13.5. The van der Waals surface area contributed by atoms with Gasteiger partial charge in [0.05, 0.1) is 5.92 Å². The summed E-state index contributed by atoms with van der Waals surface area (Å²) in [5.74, 6) is 0.00623. The van der Waals surface area contributed by atoms with Crippen molar-refractivity contribution >= 4 is 5.97 Å². The van der Waals surface area contributed by atoms with E-state index < -0.39 is 5.97 Å². The summed E-state index contributed by atoms with van der Waals surface area (Å²) in [7, 11) is 0. The molecule has 0 aromatic carbocycles. The van der Waals surface area contributed by atoms with Crippen LogP contribution in [0.25, 0.3) is 0 Å². The Morgan fingerprint density at radius 2 is 1.75 bits per heavy atom. The van der Waals surface area contributed by atoms with Crippen LogP contribution < -0.4 is 5.32 Å². The van der Waals surface area contributed by atoms with E-state index in [1.54, 1.807) is 0 Å². The van der Waals surface area contributed by atoms with Gasteiger partial charge in [-0.25, -0.2) is 0 Å². The van der Waals surface area contributed by atoms with Crippen molar-refractivity contribution in [3.63, 3.8) is 0 Å². The third-order valence-corrected chi connectivity index (χ3v) is 5.15. The van der Waals surface area contributed by atoms with Gasteiger partial charge >= 0.3 is 5.97 Å². The zero-order valence-corrected chi connectivity index (χ0v) is 13.0. The second kappa shape index (κ2) is 7.41. The molecule has 0 amide bonds. The summed E-state index contributed by atoms with van der Waals surface area (Å²) >= 11 is 0. The third-order valence-electron chi connectivity index (χ3n) is 5.15. The highest BCUT2D eigenvalue weighted by atomic mass is 16.4. The largest absolute Gasteiger partial charge is 0.481 e. The molecule has 0 aromatic heterocycles. The number of rotatable bonds is 5. The first-order valence-corrected chi connectivity index (χ1v) is 8.26. The van der Waals surface area contributed by atoms with Gasteiger partial charge in [-0.1, -0.05) is 0 Å². The molecular formula is C16H30N2O2. The van der Waals surface area contributed by atoms with Crippen LogP contribution in [-0.4, -0.2) is 47.7 Å². The molecule has 0 atom stereocenters. The van der Waals surface area contributed by atoms with Crippen molar-refractivity contribution in [2.75, 3.05) is 19.6 Å². The van der Waals surface area contributed by atoms with E-state index >= 15 is 0 Å². The van der Waals surface area contributed by atoms with Crippen molar-refractivity contribution < 1.29 is 9.90 Å². The normalized spacial score (nSPS) is 29.8. The Morgan fingerprint density at radius 3 is 2.25 bits per heavy atom. The molecule has 2 rings (SSSR count). The summed E-state index contributed by atoms with van der Waals surface area (Å²) in [6, 6.07) is 1.34. The number of carboxylic acids is 1. The molecule has 0 radical (unpaired) electrons. The van der Waals surface area contributed by atoms with Crippen LogP contribution in [0.2, 0.25) is 0 Å². The molecule has 116 valence electrons. The number of likely N-dealkylation sites (tertiary alicyclic amines) is 1. The second-order valence-corrected chi connectivity index (χ2v) is 6.87. The quantitative estimate of drug-likeness (QED) is 0.812. The zero-order valence-electron chi connectivity index (χ0n) is 13.0. The van der Waals surface area contributed by atoms with Crippen LogP contribution in [-0.2, 0) is 4.79 Å².